The number of allylic oxidation sites excluding steroid dienone is 3. The zero-order valence-electron chi connectivity index (χ0n) is 29.3. The summed E-state index contributed by atoms with van der Waals surface area (Å²) in [6, 6.07) is 15.5. The second kappa shape index (κ2) is 16.0. The van der Waals surface area contributed by atoms with Crippen LogP contribution in [0.4, 0.5) is 14.5 Å². The van der Waals surface area contributed by atoms with E-state index in [1.54, 1.807) is 18.2 Å². The van der Waals surface area contributed by atoms with Crippen LogP contribution in [0.2, 0.25) is 5.02 Å². The minimum absolute atomic E-state index is 0.158. The highest BCUT2D eigenvalue weighted by atomic mass is 35.5. The van der Waals surface area contributed by atoms with Gasteiger partial charge in [-0.05, 0) is 95.7 Å². The first-order valence-electron chi connectivity index (χ1n) is 17.2. The van der Waals surface area contributed by atoms with Gasteiger partial charge in [-0.15, -0.1) is 5.73 Å². The Kier molecular flexibility index (Phi) is 11.7. The topological polar surface area (TPSA) is 56.6 Å². The summed E-state index contributed by atoms with van der Waals surface area (Å²) in [6.07, 6.45) is 12.9. The number of phenolic OH excluding ortho intramolecular Hbond substituents is 1. The molecule has 260 valence electrons. The van der Waals surface area contributed by atoms with Gasteiger partial charge in [-0.1, -0.05) is 74.5 Å². The maximum atomic E-state index is 13.7. The first-order valence-corrected chi connectivity index (χ1v) is 17.6. The Morgan fingerprint density at radius 2 is 1.88 bits per heavy atom. The zero-order chi connectivity index (χ0) is 36.0. The van der Waals surface area contributed by atoms with Crippen LogP contribution in [0, 0.1) is 11.3 Å². The van der Waals surface area contributed by atoms with Gasteiger partial charge in [0.05, 0.1) is 12.8 Å². The van der Waals surface area contributed by atoms with Gasteiger partial charge in [0.15, 0.2) is 0 Å². The predicted octanol–water partition coefficient (Wildman–Crippen LogP) is 9.76. The summed E-state index contributed by atoms with van der Waals surface area (Å²) in [5, 5.41) is 22.9. The van der Waals surface area contributed by atoms with Gasteiger partial charge < -0.3 is 14.7 Å². The number of benzene rings is 3. The third kappa shape index (κ3) is 8.40. The van der Waals surface area contributed by atoms with Crippen molar-refractivity contribution in [2.24, 2.45) is 5.92 Å². The molecule has 0 spiro atoms. The van der Waals surface area contributed by atoms with E-state index in [9.17, 15) is 13.9 Å². The molecule has 1 aliphatic carbocycles. The number of aromatic hydroxyl groups is 1. The van der Waals surface area contributed by atoms with E-state index in [1.807, 2.05) is 30.4 Å². The van der Waals surface area contributed by atoms with Crippen molar-refractivity contribution >= 4 is 40.7 Å². The van der Waals surface area contributed by atoms with Gasteiger partial charge >= 0.3 is 5.92 Å². The van der Waals surface area contributed by atoms with Crippen LogP contribution >= 0.6 is 11.6 Å². The molecule has 0 bridgehead atoms. The summed E-state index contributed by atoms with van der Waals surface area (Å²) >= 11 is 6.79. The molecule has 2 aliphatic rings. The summed E-state index contributed by atoms with van der Waals surface area (Å²) < 4.78 is 32.2. The van der Waals surface area contributed by atoms with E-state index in [4.69, 9.17) is 21.7 Å². The van der Waals surface area contributed by atoms with Crippen molar-refractivity contribution in [1.29, 1.82) is 5.41 Å². The molecule has 1 aliphatic heterocycles. The van der Waals surface area contributed by atoms with E-state index in [2.05, 4.69) is 55.0 Å². The molecule has 3 aromatic rings. The Balaban J connectivity index is 1.46. The van der Waals surface area contributed by atoms with Crippen molar-refractivity contribution in [2.75, 3.05) is 25.1 Å². The Labute approximate surface area is 299 Å². The number of rotatable bonds is 10. The molecule has 0 radical (unpaired) electrons. The first-order chi connectivity index (χ1) is 23.9. The van der Waals surface area contributed by atoms with Crippen LogP contribution in [0.1, 0.15) is 69.6 Å². The van der Waals surface area contributed by atoms with E-state index >= 15 is 0 Å². The monoisotopic (exact) mass is 694 g/mol. The van der Waals surface area contributed by atoms with Gasteiger partial charge in [-0.3, -0.25) is 5.41 Å². The number of fused-ring (bicyclic) bond motifs is 1. The van der Waals surface area contributed by atoms with Crippen molar-refractivity contribution in [3.05, 3.63) is 122 Å². The van der Waals surface area contributed by atoms with Crippen LogP contribution in [0.25, 0.3) is 28.9 Å². The van der Waals surface area contributed by atoms with Crippen LogP contribution in [-0.4, -0.2) is 36.9 Å². The van der Waals surface area contributed by atoms with Crippen LogP contribution in [0.15, 0.2) is 90.1 Å². The van der Waals surface area contributed by atoms with Gasteiger partial charge in [0.1, 0.15) is 5.75 Å². The van der Waals surface area contributed by atoms with Crippen molar-refractivity contribution < 1.29 is 18.6 Å². The number of phenols is 1. The average Bonchev–Trinajstić information content (AvgIpc) is 3.30. The fraction of sp³-hybridized carbons (Fsp3) is 0.326. The molecule has 4 nitrogen and oxygen atoms in total. The van der Waals surface area contributed by atoms with Crippen LogP contribution in [0.3, 0.4) is 0 Å². The molecule has 3 aromatic carbocycles. The highest BCUT2D eigenvalue weighted by Crippen LogP contribution is 2.37. The van der Waals surface area contributed by atoms with Crippen molar-refractivity contribution in [3.8, 4) is 16.9 Å². The van der Waals surface area contributed by atoms with Crippen molar-refractivity contribution in [2.45, 2.75) is 65.2 Å². The van der Waals surface area contributed by atoms with Gasteiger partial charge in [-0.2, -0.15) is 8.78 Å². The van der Waals surface area contributed by atoms with Crippen molar-refractivity contribution in [3.63, 3.8) is 0 Å². The number of hydrogen-bond acceptors (Lipinski definition) is 4. The summed E-state index contributed by atoms with van der Waals surface area (Å²) in [5.74, 6) is -2.85. The van der Waals surface area contributed by atoms with Crippen molar-refractivity contribution in [1.82, 2.24) is 0 Å². The summed E-state index contributed by atoms with van der Waals surface area (Å²) in [6.45, 7) is 11.2. The lowest BCUT2D eigenvalue weighted by Crippen LogP contribution is -2.29. The normalized spacial score (nSPS) is 16.6. The molecule has 5 rings (SSSR count). The van der Waals surface area contributed by atoms with Gasteiger partial charge in [-0.25, -0.2) is 0 Å². The summed E-state index contributed by atoms with van der Waals surface area (Å²) in [4.78, 5) is 2.45. The summed E-state index contributed by atoms with van der Waals surface area (Å²) in [5.41, 5.74) is 12.2. The van der Waals surface area contributed by atoms with E-state index in [0.29, 0.717) is 45.8 Å². The highest BCUT2D eigenvalue weighted by Gasteiger charge is 2.28. The molecule has 1 unspecified atom stereocenters. The van der Waals surface area contributed by atoms with Gasteiger partial charge in [0.2, 0.25) is 5.76 Å². The smallest absolute Gasteiger partial charge is 0.308 e. The third-order valence-electron chi connectivity index (χ3n) is 9.46. The molecule has 1 heterocycles. The van der Waals surface area contributed by atoms with Crippen LogP contribution in [-0.2, 0) is 11.2 Å². The number of hydrogen-bond donors (Lipinski definition) is 2. The fourth-order valence-electron chi connectivity index (χ4n) is 6.59. The second-order valence-corrected chi connectivity index (χ2v) is 13.7. The second-order valence-electron chi connectivity index (χ2n) is 13.2. The SMILES string of the molecule is C=C(C=C=C(OC)C(C)(F)F)c1ccc(-c2c/c3c(c(CCC)c2O)=CCC(C(=N)c2ccc(N4CCCC(C)CC4)cc2)=C=C\C=3)c(Cl)c1. The molecular weight excluding hydrogens is 650 g/mol. The van der Waals surface area contributed by atoms with E-state index < -0.39 is 11.7 Å². The Hall–Kier alpha value is -4.60. The lowest BCUT2D eigenvalue weighted by atomic mass is 9.92. The Bertz CT molecular complexity index is 2040. The molecule has 1 atom stereocenters. The molecule has 2 N–H and O–H groups in total. The molecular formula is C43H45ClF2N2O2. The molecule has 1 fully saturated rings. The van der Waals surface area contributed by atoms with E-state index in [1.165, 1.54) is 38.1 Å². The van der Waals surface area contributed by atoms with Crippen LogP contribution in [0.5, 0.6) is 5.75 Å². The predicted molar refractivity (Wildman–Crippen MR) is 204 cm³/mol. The molecule has 0 saturated carbocycles. The fourth-order valence-corrected chi connectivity index (χ4v) is 6.87. The maximum Gasteiger partial charge on any atom is 0.308 e. The Morgan fingerprint density at radius 3 is 2.56 bits per heavy atom. The molecule has 0 aromatic heterocycles. The summed E-state index contributed by atoms with van der Waals surface area (Å²) in [7, 11) is 1.17. The lowest BCUT2D eigenvalue weighted by Gasteiger charge is -2.23. The molecule has 0 amide bonds. The van der Waals surface area contributed by atoms with Crippen LogP contribution < -0.4 is 15.3 Å². The number of alkyl halides is 2. The minimum Gasteiger partial charge on any atom is -0.507 e. The molecule has 50 heavy (non-hydrogen) atoms. The average molecular weight is 695 g/mol. The highest BCUT2D eigenvalue weighted by molar-refractivity contribution is 6.33. The standard InChI is InChI=1S/C43H45ClF2N2O2/c1-6-9-37-35-20-16-30(41(47)31-14-18-34(19-15-31)48-24-8-10-28(2)23-25-48)11-7-12-33(35)26-38(42(37)49)36-21-17-32(27-39(36)44)29(3)13-22-40(50-5)43(4,45)46/h7,12-15,17-21,26-28,47,49H,3,6,8-10,16,23-25H2,1-2,4-5H3/b33-12-,35-20?,47-41?. The van der Waals surface area contributed by atoms with E-state index in [-0.39, 0.29) is 5.75 Å². The third-order valence-corrected chi connectivity index (χ3v) is 9.77. The first kappa shape index (κ1) is 36.7. The molecule has 1 saturated heterocycles. The Morgan fingerprint density at radius 1 is 1.14 bits per heavy atom. The number of anilines is 1. The zero-order valence-corrected chi connectivity index (χ0v) is 30.1. The van der Waals surface area contributed by atoms with Gasteiger partial charge in [0, 0.05) is 65.0 Å². The number of nitrogens with zero attached hydrogens (tertiary/aromatic N) is 1. The number of nitrogens with one attached hydrogen (secondary N) is 1. The van der Waals surface area contributed by atoms with E-state index in [0.717, 1.165) is 59.5 Å². The quantitative estimate of drug-likeness (QED) is 0.0962. The largest absolute Gasteiger partial charge is 0.507 e. The number of ether oxygens (including phenoxy) is 1. The maximum absolute atomic E-state index is 13.7. The van der Waals surface area contributed by atoms with Gasteiger partial charge in [0.25, 0.3) is 0 Å². The number of halogens is 3. The number of methoxy groups -OCH3 is 1. The minimum atomic E-state index is -3.18. The lowest BCUT2D eigenvalue weighted by molar-refractivity contribution is 0.00699. The molecule has 7 heteroatoms.